The average Bonchev–Trinajstić information content (AvgIpc) is 3.42. The van der Waals surface area contributed by atoms with Gasteiger partial charge in [-0.1, -0.05) is 306 Å². The molecule has 0 saturated carbocycles. The summed E-state index contributed by atoms with van der Waals surface area (Å²) in [5, 5.41) is 23.1. The van der Waals surface area contributed by atoms with Crippen LogP contribution in [0.1, 0.15) is 361 Å². The van der Waals surface area contributed by atoms with E-state index in [0.717, 1.165) is 51.4 Å². The van der Waals surface area contributed by atoms with Crippen LogP contribution in [-0.4, -0.2) is 47.4 Å². The van der Waals surface area contributed by atoms with Gasteiger partial charge in [-0.2, -0.15) is 0 Å². The highest BCUT2D eigenvalue weighted by Crippen LogP contribution is 2.17. The van der Waals surface area contributed by atoms with E-state index in [-0.39, 0.29) is 18.5 Å². The van der Waals surface area contributed by atoms with Crippen LogP contribution in [0.3, 0.4) is 0 Å². The predicted octanol–water partition coefficient (Wildman–Crippen LogP) is 21.7. The molecule has 0 fully saturated rings. The minimum absolute atomic E-state index is 0.00320. The Balaban J connectivity index is 3.38. The molecule has 6 nitrogen and oxygen atoms in total. The Bertz CT molecular complexity index is 1270. The summed E-state index contributed by atoms with van der Waals surface area (Å²) in [6, 6.07) is -0.626. The van der Waals surface area contributed by atoms with Crippen LogP contribution in [0.5, 0.6) is 0 Å². The number of carbonyl (C=O) groups is 2. The van der Waals surface area contributed by atoms with E-state index >= 15 is 0 Å². The molecule has 0 radical (unpaired) electrons. The van der Waals surface area contributed by atoms with Gasteiger partial charge in [0.15, 0.2) is 0 Å². The normalized spacial score (nSPS) is 12.8. The Morgan fingerprint density at radius 1 is 0.368 bits per heavy atom. The highest BCUT2D eigenvalue weighted by molar-refractivity contribution is 5.76. The van der Waals surface area contributed by atoms with Gasteiger partial charge in [0.1, 0.15) is 0 Å². The minimum atomic E-state index is -0.843. The van der Waals surface area contributed by atoms with Crippen molar-refractivity contribution in [2.45, 2.75) is 373 Å². The van der Waals surface area contributed by atoms with E-state index in [2.05, 4.69) is 55.6 Å². The van der Waals surface area contributed by atoms with Gasteiger partial charge in [-0.15, -0.1) is 0 Å². The second-order valence-corrected chi connectivity index (χ2v) is 23.1. The zero-order chi connectivity index (χ0) is 55.0. The van der Waals surface area contributed by atoms with E-state index in [1.807, 2.05) is 6.08 Å². The summed E-state index contributed by atoms with van der Waals surface area (Å²) in [5.74, 6) is -0.0628. The van der Waals surface area contributed by atoms with Crippen LogP contribution in [0.25, 0.3) is 0 Å². The number of esters is 1. The number of carbonyl (C=O) groups excluding carboxylic acids is 2. The van der Waals surface area contributed by atoms with Crippen molar-refractivity contribution in [3.05, 3.63) is 48.6 Å². The molecule has 0 aromatic carbocycles. The fraction of sp³-hybridized carbons (Fsp3) is 0.857. The van der Waals surface area contributed by atoms with Gasteiger partial charge in [-0.25, -0.2) is 0 Å². The molecule has 0 heterocycles. The van der Waals surface area contributed by atoms with Gasteiger partial charge in [0, 0.05) is 12.8 Å². The highest BCUT2D eigenvalue weighted by Gasteiger charge is 2.18. The molecule has 0 aliphatic carbocycles. The molecule has 2 atom stereocenters. The van der Waals surface area contributed by atoms with E-state index in [9.17, 15) is 19.8 Å². The van der Waals surface area contributed by atoms with Crippen molar-refractivity contribution in [2.24, 2.45) is 0 Å². The van der Waals surface area contributed by atoms with Crippen molar-refractivity contribution in [2.75, 3.05) is 13.2 Å². The molecule has 0 aliphatic heterocycles. The number of unbranched alkanes of at least 4 members (excludes halogenated alkanes) is 46. The number of hydrogen-bond donors (Lipinski definition) is 3. The summed E-state index contributed by atoms with van der Waals surface area (Å²) in [5.41, 5.74) is 0. The summed E-state index contributed by atoms with van der Waals surface area (Å²) < 4.78 is 5.49. The zero-order valence-electron chi connectivity index (χ0n) is 51.0. The lowest BCUT2D eigenvalue weighted by Gasteiger charge is -2.20. The molecule has 0 bridgehead atoms. The quantitative estimate of drug-likeness (QED) is 0.0320. The SMILES string of the molecule is CCCCCC/C=C\C/C=C\CCCCCCCC(=O)OCCCCCCCCCCCCCC/C=C\CCCCCCCCCCCCCCCCC(=O)NC(CO)C(O)/C=C/CCCCCCCCCCCCC. The lowest BCUT2D eigenvalue weighted by atomic mass is 10.0. The molecule has 446 valence electrons. The lowest BCUT2D eigenvalue weighted by molar-refractivity contribution is -0.143. The zero-order valence-corrected chi connectivity index (χ0v) is 51.0. The summed E-state index contributed by atoms with van der Waals surface area (Å²) in [6.45, 7) is 4.89. The molecule has 0 aliphatic rings. The molecule has 0 spiro atoms. The van der Waals surface area contributed by atoms with Gasteiger partial charge in [0.25, 0.3) is 0 Å². The van der Waals surface area contributed by atoms with Gasteiger partial charge in [0.2, 0.25) is 5.91 Å². The van der Waals surface area contributed by atoms with Crippen LogP contribution in [-0.2, 0) is 14.3 Å². The van der Waals surface area contributed by atoms with Crippen molar-refractivity contribution in [1.29, 1.82) is 0 Å². The highest BCUT2D eigenvalue weighted by atomic mass is 16.5. The number of amides is 1. The number of ether oxygens (including phenoxy) is 1. The van der Waals surface area contributed by atoms with Crippen LogP contribution in [0.4, 0.5) is 0 Å². The predicted molar refractivity (Wildman–Crippen MR) is 333 cm³/mol. The third kappa shape index (κ3) is 61.0. The number of rotatable bonds is 63. The maximum absolute atomic E-state index is 12.5. The fourth-order valence-electron chi connectivity index (χ4n) is 10.4. The van der Waals surface area contributed by atoms with Gasteiger partial charge in [0.05, 0.1) is 25.4 Å². The largest absolute Gasteiger partial charge is 0.466 e. The summed E-state index contributed by atoms with van der Waals surface area (Å²) >= 11 is 0. The lowest BCUT2D eigenvalue weighted by Crippen LogP contribution is -2.45. The number of aliphatic hydroxyl groups excluding tert-OH is 2. The van der Waals surface area contributed by atoms with Gasteiger partial charge < -0.3 is 20.3 Å². The van der Waals surface area contributed by atoms with Gasteiger partial charge >= 0.3 is 5.97 Å². The molecule has 1 amide bonds. The molecule has 3 N–H and O–H groups in total. The summed E-state index contributed by atoms with van der Waals surface area (Å²) in [6.07, 6.45) is 84.7. The molecule has 0 saturated heterocycles. The number of aliphatic hydroxyl groups is 2. The Hall–Kier alpha value is -2.18. The van der Waals surface area contributed by atoms with E-state index in [1.54, 1.807) is 6.08 Å². The van der Waals surface area contributed by atoms with Gasteiger partial charge in [-0.3, -0.25) is 9.59 Å². The van der Waals surface area contributed by atoms with E-state index in [0.29, 0.717) is 19.4 Å². The van der Waals surface area contributed by atoms with Crippen LogP contribution in [0, 0.1) is 0 Å². The van der Waals surface area contributed by atoms with Crippen molar-refractivity contribution in [3.8, 4) is 0 Å². The smallest absolute Gasteiger partial charge is 0.305 e. The topological polar surface area (TPSA) is 95.9 Å². The van der Waals surface area contributed by atoms with Crippen LogP contribution >= 0.6 is 0 Å². The maximum atomic E-state index is 12.5. The van der Waals surface area contributed by atoms with Crippen molar-refractivity contribution in [3.63, 3.8) is 0 Å². The summed E-state index contributed by atoms with van der Waals surface area (Å²) in [7, 11) is 0. The molecule has 6 heteroatoms. The third-order valence-corrected chi connectivity index (χ3v) is 15.6. The first-order chi connectivity index (χ1) is 37.5. The van der Waals surface area contributed by atoms with Crippen LogP contribution in [0.2, 0.25) is 0 Å². The average molecular weight is 1070 g/mol. The Kier molecular flexibility index (Phi) is 63.5. The van der Waals surface area contributed by atoms with Crippen molar-refractivity contribution >= 4 is 11.9 Å². The molecule has 0 rings (SSSR count). The number of nitrogens with one attached hydrogen (secondary N) is 1. The first-order valence-corrected chi connectivity index (χ1v) is 33.9. The maximum Gasteiger partial charge on any atom is 0.305 e. The molecular formula is C70H131NO5. The first-order valence-electron chi connectivity index (χ1n) is 33.9. The Labute approximate surface area is 474 Å². The van der Waals surface area contributed by atoms with E-state index in [4.69, 9.17) is 4.74 Å². The summed E-state index contributed by atoms with van der Waals surface area (Å²) in [4.78, 5) is 24.5. The molecule has 76 heavy (non-hydrogen) atoms. The fourth-order valence-corrected chi connectivity index (χ4v) is 10.4. The molecule has 0 aromatic heterocycles. The number of allylic oxidation sites excluding steroid dienone is 7. The van der Waals surface area contributed by atoms with Crippen molar-refractivity contribution in [1.82, 2.24) is 5.32 Å². The van der Waals surface area contributed by atoms with Gasteiger partial charge in [-0.05, 0) is 89.9 Å². The number of hydrogen-bond acceptors (Lipinski definition) is 5. The molecule has 0 aromatic rings. The molecule has 2 unspecified atom stereocenters. The first kappa shape index (κ1) is 73.8. The third-order valence-electron chi connectivity index (χ3n) is 15.6. The van der Waals surface area contributed by atoms with Crippen LogP contribution < -0.4 is 5.32 Å². The van der Waals surface area contributed by atoms with Crippen LogP contribution in [0.15, 0.2) is 48.6 Å². The second-order valence-electron chi connectivity index (χ2n) is 23.1. The minimum Gasteiger partial charge on any atom is -0.466 e. The van der Waals surface area contributed by atoms with E-state index < -0.39 is 12.1 Å². The van der Waals surface area contributed by atoms with E-state index in [1.165, 1.54) is 283 Å². The standard InChI is InChI=1S/C70H131NO5/c1-3-5-7-9-11-13-15-17-18-36-40-44-48-52-56-60-64-70(75)76-65-61-57-53-49-45-41-37-34-32-30-28-26-24-22-20-19-21-23-25-27-29-31-33-35-39-43-47-51-55-59-63-69(74)71-67(66-72)68(73)62-58-54-50-46-42-38-16-14-12-10-8-6-4-2/h13,15,18,20,22,36,58,62,67-68,72-73H,3-12,14,16-17,19,21,23-35,37-57,59-61,63-66H2,1-2H3,(H,71,74)/b15-13-,22-20-,36-18-,62-58+. The van der Waals surface area contributed by atoms with Crippen molar-refractivity contribution < 1.29 is 24.5 Å². The Morgan fingerprint density at radius 3 is 1.03 bits per heavy atom. The monoisotopic (exact) mass is 1070 g/mol. The second kappa shape index (κ2) is 65.3. The molecular weight excluding hydrogens is 935 g/mol. The Morgan fingerprint density at radius 2 is 0.658 bits per heavy atom.